The number of hydrogen-bond donors (Lipinski definition) is 0. The van der Waals surface area contributed by atoms with Gasteiger partial charge in [0, 0.05) is 6.54 Å². The van der Waals surface area contributed by atoms with E-state index in [1.807, 2.05) is 30.3 Å². The van der Waals surface area contributed by atoms with Gasteiger partial charge in [0.25, 0.3) is 0 Å². The van der Waals surface area contributed by atoms with Crippen LogP contribution in [0.25, 0.3) is 0 Å². The summed E-state index contributed by atoms with van der Waals surface area (Å²) in [5.74, 6) is -0.239. The standard InChI is InChI=1S/C19H22FNO3S/c20-18-10-8-17(9-11-18)19-15-24-13-12-21(19)25(22,23)14-4-7-16-5-2-1-3-6-16/h1-3,5-6,8-11,19H,4,7,12-15H2. The van der Waals surface area contributed by atoms with E-state index in [-0.39, 0.29) is 11.6 Å². The molecule has 0 bridgehead atoms. The number of benzene rings is 2. The highest BCUT2D eigenvalue weighted by molar-refractivity contribution is 7.89. The van der Waals surface area contributed by atoms with Gasteiger partial charge in [-0.1, -0.05) is 42.5 Å². The van der Waals surface area contributed by atoms with Gasteiger partial charge >= 0.3 is 0 Å². The van der Waals surface area contributed by atoms with E-state index in [2.05, 4.69) is 0 Å². The lowest BCUT2D eigenvalue weighted by atomic mass is 10.1. The van der Waals surface area contributed by atoms with Crippen molar-refractivity contribution >= 4 is 10.0 Å². The zero-order valence-electron chi connectivity index (χ0n) is 14.0. The van der Waals surface area contributed by atoms with Crippen molar-refractivity contribution in [1.29, 1.82) is 0 Å². The molecule has 25 heavy (non-hydrogen) atoms. The van der Waals surface area contributed by atoms with E-state index in [0.717, 1.165) is 17.5 Å². The molecule has 1 heterocycles. The van der Waals surface area contributed by atoms with Gasteiger partial charge in [-0.3, -0.25) is 0 Å². The summed E-state index contributed by atoms with van der Waals surface area (Å²) in [5.41, 5.74) is 1.89. The first-order valence-corrected chi connectivity index (χ1v) is 10.0. The van der Waals surface area contributed by atoms with Gasteiger partial charge in [-0.05, 0) is 36.1 Å². The fraction of sp³-hybridized carbons (Fsp3) is 0.368. The average molecular weight is 363 g/mol. The van der Waals surface area contributed by atoms with Crippen LogP contribution in [-0.2, 0) is 21.2 Å². The predicted molar refractivity (Wildman–Crippen MR) is 95.2 cm³/mol. The average Bonchev–Trinajstić information content (AvgIpc) is 2.63. The molecule has 0 spiro atoms. The Hall–Kier alpha value is -1.76. The van der Waals surface area contributed by atoms with E-state index >= 15 is 0 Å². The molecular weight excluding hydrogens is 341 g/mol. The van der Waals surface area contributed by atoms with Crippen LogP contribution in [0.1, 0.15) is 23.6 Å². The normalized spacial score (nSPS) is 19.0. The highest BCUT2D eigenvalue weighted by Gasteiger charge is 2.33. The third-order valence-electron chi connectivity index (χ3n) is 4.40. The highest BCUT2D eigenvalue weighted by atomic mass is 32.2. The number of sulfonamides is 1. The van der Waals surface area contributed by atoms with Crippen molar-refractivity contribution < 1.29 is 17.5 Å². The summed E-state index contributed by atoms with van der Waals surface area (Å²) in [6, 6.07) is 15.4. The van der Waals surface area contributed by atoms with E-state index in [9.17, 15) is 12.8 Å². The van der Waals surface area contributed by atoms with Crippen molar-refractivity contribution in [3.63, 3.8) is 0 Å². The summed E-state index contributed by atoms with van der Waals surface area (Å²) in [6.45, 7) is 1.01. The largest absolute Gasteiger partial charge is 0.378 e. The molecule has 0 aliphatic carbocycles. The molecule has 3 rings (SSSR count). The minimum atomic E-state index is -3.40. The molecule has 1 unspecified atom stereocenters. The van der Waals surface area contributed by atoms with E-state index < -0.39 is 16.1 Å². The Bertz CT molecular complexity index is 778. The fourth-order valence-corrected chi connectivity index (χ4v) is 4.76. The number of rotatable bonds is 6. The van der Waals surface area contributed by atoms with E-state index in [1.165, 1.54) is 16.4 Å². The fourth-order valence-electron chi connectivity index (χ4n) is 3.09. The molecule has 1 fully saturated rings. The summed E-state index contributed by atoms with van der Waals surface area (Å²) >= 11 is 0. The molecule has 1 aliphatic heterocycles. The first-order valence-electron chi connectivity index (χ1n) is 8.43. The van der Waals surface area contributed by atoms with E-state index in [4.69, 9.17) is 4.74 Å². The summed E-state index contributed by atoms with van der Waals surface area (Å²) in [4.78, 5) is 0. The van der Waals surface area contributed by atoms with E-state index in [1.54, 1.807) is 12.1 Å². The molecule has 2 aromatic rings. The monoisotopic (exact) mass is 363 g/mol. The summed E-state index contributed by atoms with van der Waals surface area (Å²) in [5, 5.41) is 0. The maximum Gasteiger partial charge on any atom is 0.214 e. The van der Waals surface area contributed by atoms with Crippen LogP contribution in [0, 0.1) is 5.82 Å². The predicted octanol–water partition coefficient (Wildman–Crippen LogP) is 3.16. The van der Waals surface area contributed by atoms with Gasteiger partial charge < -0.3 is 4.74 Å². The van der Waals surface area contributed by atoms with Crippen LogP contribution in [0.15, 0.2) is 54.6 Å². The zero-order chi connectivity index (χ0) is 17.7. The maximum atomic E-state index is 13.1. The highest BCUT2D eigenvalue weighted by Crippen LogP contribution is 2.27. The van der Waals surface area contributed by atoms with Crippen LogP contribution in [0.4, 0.5) is 4.39 Å². The number of hydrogen-bond acceptors (Lipinski definition) is 3. The molecule has 4 nitrogen and oxygen atoms in total. The Morgan fingerprint density at radius 2 is 1.80 bits per heavy atom. The molecule has 1 atom stereocenters. The Morgan fingerprint density at radius 3 is 2.52 bits per heavy atom. The SMILES string of the molecule is O=S(=O)(CCCc1ccccc1)N1CCOCC1c1ccc(F)cc1. The molecule has 0 radical (unpaired) electrons. The summed E-state index contributed by atoms with van der Waals surface area (Å²) < 4.78 is 45.8. The molecular formula is C19H22FNO3S. The van der Waals surface area contributed by atoms with Gasteiger partial charge in [0.1, 0.15) is 5.82 Å². The van der Waals surface area contributed by atoms with Crippen molar-refractivity contribution in [1.82, 2.24) is 4.31 Å². The second kappa shape index (κ2) is 8.08. The lowest BCUT2D eigenvalue weighted by Gasteiger charge is -2.35. The molecule has 134 valence electrons. The number of halogens is 1. The third kappa shape index (κ3) is 4.66. The Balaban J connectivity index is 1.68. The van der Waals surface area contributed by atoms with Crippen LogP contribution in [0.3, 0.4) is 0 Å². The van der Waals surface area contributed by atoms with Gasteiger partial charge in [-0.15, -0.1) is 0 Å². The number of morpholine rings is 1. The van der Waals surface area contributed by atoms with Gasteiger partial charge in [-0.2, -0.15) is 4.31 Å². The third-order valence-corrected chi connectivity index (χ3v) is 6.36. The maximum absolute atomic E-state index is 13.1. The summed E-state index contributed by atoms with van der Waals surface area (Å²) in [7, 11) is -3.40. The van der Waals surface area contributed by atoms with Gasteiger partial charge in [0.2, 0.25) is 10.0 Å². The van der Waals surface area contributed by atoms with Crippen molar-refractivity contribution in [2.45, 2.75) is 18.9 Å². The first kappa shape index (κ1) is 18.0. The number of aryl methyl sites for hydroxylation is 1. The van der Waals surface area contributed by atoms with Crippen LogP contribution in [-0.4, -0.2) is 38.2 Å². The Labute approximate surface area is 148 Å². The molecule has 6 heteroatoms. The van der Waals surface area contributed by atoms with Gasteiger partial charge in [-0.25, -0.2) is 12.8 Å². The smallest absolute Gasteiger partial charge is 0.214 e. The van der Waals surface area contributed by atoms with Crippen LogP contribution < -0.4 is 0 Å². The molecule has 1 saturated heterocycles. The van der Waals surface area contributed by atoms with Crippen LogP contribution in [0.5, 0.6) is 0 Å². The second-order valence-electron chi connectivity index (χ2n) is 6.16. The quantitative estimate of drug-likeness (QED) is 0.792. The second-order valence-corrected chi connectivity index (χ2v) is 8.20. The van der Waals surface area contributed by atoms with Crippen molar-refractivity contribution in [2.75, 3.05) is 25.5 Å². The minimum absolute atomic E-state index is 0.0968. The topological polar surface area (TPSA) is 46.6 Å². The Morgan fingerprint density at radius 1 is 1.08 bits per heavy atom. The molecule has 2 aromatic carbocycles. The van der Waals surface area contributed by atoms with Crippen LogP contribution >= 0.6 is 0 Å². The molecule has 0 amide bonds. The van der Waals surface area contributed by atoms with Crippen molar-refractivity contribution in [2.24, 2.45) is 0 Å². The summed E-state index contributed by atoms with van der Waals surface area (Å²) in [6.07, 6.45) is 1.30. The van der Waals surface area contributed by atoms with Gasteiger partial charge in [0.15, 0.2) is 0 Å². The number of nitrogens with zero attached hydrogens (tertiary/aromatic N) is 1. The van der Waals surface area contributed by atoms with Crippen molar-refractivity contribution in [3.05, 3.63) is 71.5 Å². The lowest BCUT2D eigenvalue weighted by Crippen LogP contribution is -2.44. The molecule has 1 aliphatic rings. The van der Waals surface area contributed by atoms with Crippen molar-refractivity contribution in [3.8, 4) is 0 Å². The van der Waals surface area contributed by atoms with E-state index in [0.29, 0.717) is 26.2 Å². The zero-order valence-corrected chi connectivity index (χ0v) is 14.8. The Kier molecular flexibility index (Phi) is 5.83. The van der Waals surface area contributed by atoms with Crippen LogP contribution in [0.2, 0.25) is 0 Å². The van der Waals surface area contributed by atoms with Gasteiger partial charge in [0.05, 0.1) is 25.0 Å². The lowest BCUT2D eigenvalue weighted by molar-refractivity contribution is 0.0320. The first-order chi connectivity index (χ1) is 12.1. The molecule has 0 saturated carbocycles. The number of ether oxygens (including phenoxy) is 1. The molecule has 0 aromatic heterocycles. The molecule has 0 N–H and O–H groups in total. The minimum Gasteiger partial charge on any atom is -0.378 e.